The van der Waals surface area contributed by atoms with Gasteiger partial charge < -0.3 is 20.5 Å². The van der Waals surface area contributed by atoms with Gasteiger partial charge in [-0.25, -0.2) is 4.79 Å². The van der Waals surface area contributed by atoms with Crippen molar-refractivity contribution in [2.24, 2.45) is 0 Å². The summed E-state index contributed by atoms with van der Waals surface area (Å²) in [6, 6.07) is 7.69. The van der Waals surface area contributed by atoms with Gasteiger partial charge >= 0.3 is 6.03 Å². The highest BCUT2D eigenvalue weighted by Gasteiger charge is 2.00. The Morgan fingerprint density at radius 2 is 1.85 bits per heavy atom. The second-order valence-electron chi connectivity index (χ2n) is 4.82. The quantitative estimate of drug-likeness (QED) is 0.635. The van der Waals surface area contributed by atoms with E-state index in [1.165, 1.54) is 0 Å². The fourth-order valence-corrected chi connectivity index (χ4v) is 1.67. The largest absolute Gasteiger partial charge is 0.491 e. The number of aliphatic hydroxyl groups is 1. The monoisotopic (exact) mass is 280 g/mol. The Labute approximate surface area is 120 Å². The second-order valence-corrected chi connectivity index (χ2v) is 4.82. The predicted octanol–water partition coefficient (Wildman–Crippen LogP) is 1.70. The van der Waals surface area contributed by atoms with Crippen molar-refractivity contribution in [3.63, 3.8) is 0 Å². The van der Waals surface area contributed by atoms with E-state index in [2.05, 4.69) is 10.6 Å². The summed E-state index contributed by atoms with van der Waals surface area (Å²) in [5.41, 5.74) is 1.15. The zero-order valence-electron chi connectivity index (χ0n) is 12.2. The molecule has 0 aliphatic rings. The van der Waals surface area contributed by atoms with Crippen molar-refractivity contribution in [2.75, 3.05) is 19.7 Å². The van der Waals surface area contributed by atoms with Crippen LogP contribution in [0.5, 0.6) is 5.75 Å². The lowest BCUT2D eigenvalue weighted by Gasteiger charge is -2.10. The van der Waals surface area contributed by atoms with E-state index in [0.29, 0.717) is 19.5 Å². The maximum Gasteiger partial charge on any atom is 0.314 e. The zero-order chi connectivity index (χ0) is 14.8. The molecule has 0 saturated carbocycles. The summed E-state index contributed by atoms with van der Waals surface area (Å²) in [5.74, 6) is 0.860. The van der Waals surface area contributed by atoms with Crippen molar-refractivity contribution in [1.29, 1.82) is 0 Å². The smallest absolute Gasteiger partial charge is 0.314 e. The highest BCUT2D eigenvalue weighted by atomic mass is 16.5. The van der Waals surface area contributed by atoms with Crippen LogP contribution >= 0.6 is 0 Å². The van der Waals surface area contributed by atoms with Crippen LogP contribution in [0.2, 0.25) is 0 Å². The average molecular weight is 280 g/mol. The molecule has 0 aromatic heterocycles. The first-order chi connectivity index (χ1) is 9.61. The standard InChI is InChI=1S/C15H24N2O3/c1-12(2)20-14-6-4-13(5-7-14)8-10-17-15(19)16-9-3-11-18/h4-7,12,18H,3,8-11H2,1-2H3,(H2,16,17,19). The molecule has 0 spiro atoms. The van der Waals surface area contributed by atoms with Crippen molar-refractivity contribution in [1.82, 2.24) is 10.6 Å². The van der Waals surface area contributed by atoms with E-state index >= 15 is 0 Å². The fourth-order valence-electron chi connectivity index (χ4n) is 1.67. The number of hydrogen-bond donors (Lipinski definition) is 3. The molecule has 0 fully saturated rings. The summed E-state index contributed by atoms with van der Waals surface area (Å²) in [6.45, 7) is 5.14. The number of rotatable bonds is 8. The summed E-state index contributed by atoms with van der Waals surface area (Å²) in [4.78, 5) is 11.4. The minimum atomic E-state index is -0.196. The number of ether oxygens (including phenoxy) is 1. The average Bonchev–Trinajstić information content (AvgIpc) is 2.40. The number of carbonyl (C=O) groups excluding carboxylic acids is 1. The molecular formula is C15H24N2O3. The molecule has 2 amide bonds. The van der Waals surface area contributed by atoms with Gasteiger partial charge in [-0.3, -0.25) is 0 Å². The van der Waals surface area contributed by atoms with E-state index in [1.54, 1.807) is 0 Å². The Balaban J connectivity index is 2.23. The van der Waals surface area contributed by atoms with Crippen LogP contribution in [0.25, 0.3) is 0 Å². The van der Waals surface area contributed by atoms with Crippen LogP contribution in [-0.4, -0.2) is 36.9 Å². The van der Waals surface area contributed by atoms with Crippen LogP contribution in [0, 0.1) is 0 Å². The van der Waals surface area contributed by atoms with Gasteiger partial charge in [-0.15, -0.1) is 0 Å². The number of aliphatic hydroxyl groups excluding tert-OH is 1. The van der Waals surface area contributed by atoms with Crippen LogP contribution in [0.4, 0.5) is 4.79 Å². The maximum atomic E-state index is 11.4. The van der Waals surface area contributed by atoms with Crippen molar-refractivity contribution in [3.8, 4) is 5.75 Å². The number of urea groups is 1. The Kier molecular flexibility index (Phi) is 7.50. The topological polar surface area (TPSA) is 70.6 Å². The molecule has 1 aromatic carbocycles. The van der Waals surface area contributed by atoms with E-state index in [-0.39, 0.29) is 18.7 Å². The minimum Gasteiger partial charge on any atom is -0.491 e. The molecule has 20 heavy (non-hydrogen) atoms. The van der Waals surface area contributed by atoms with Gasteiger partial charge in [-0.05, 0) is 44.4 Å². The van der Waals surface area contributed by atoms with Gasteiger partial charge in [0.2, 0.25) is 0 Å². The lowest BCUT2D eigenvalue weighted by molar-refractivity contribution is 0.238. The van der Waals surface area contributed by atoms with Crippen molar-refractivity contribution >= 4 is 6.03 Å². The number of amides is 2. The third-order valence-electron chi connectivity index (χ3n) is 2.61. The molecule has 5 heteroatoms. The van der Waals surface area contributed by atoms with Gasteiger partial charge in [0.15, 0.2) is 0 Å². The van der Waals surface area contributed by atoms with Crippen LogP contribution in [0.15, 0.2) is 24.3 Å². The first-order valence-corrected chi connectivity index (χ1v) is 7.00. The summed E-state index contributed by atoms with van der Waals surface area (Å²) >= 11 is 0. The molecule has 1 aromatic rings. The van der Waals surface area contributed by atoms with Gasteiger partial charge in [0, 0.05) is 19.7 Å². The van der Waals surface area contributed by atoms with Crippen molar-refractivity contribution in [3.05, 3.63) is 29.8 Å². The van der Waals surface area contributed by atoms with E-state index in [1.807, 2.05) is 38.1 Å². The molecule has 0 atom stereocenters. The second kappa shape index (κ2) is 9.20. The zero-order valence-corrected chi connectivity index (χ0v) is 12.2. The fraction of sp³-hybridized carbons (Fsp3) is 0.533. The van der Waals surface area contributed by atoms with Crippen LogP contribution < -0.4 is 15.4 Å². The summed E-state index contributed by atoms with van der Waals surface area (Å²) < 4.78 is 5.57. The lowest BCUT2D eigenvalue weighted by atomic mass is 10.1. The molecule has 5 nitrogen and oxygen atoms in total. The lowest BCUT2D eigenvalue weighted by Crippen LogP contribution is -2.37. The highest BCUT2D eigenvalue weighted by Crippen LogP contribution is 2.13. The maximum absolute atomic E-state index is 11.4. The number of nitrogens with one attached hydrogen (secondary N) is 2. The Morgan fingerprint density at radius 1 is 1.20 bits per heavy atom. The SMILES string of the molecule is CC(C)Oc1ccc(CCNC(=O)NCCCO)cc1. The van der Waals surface area contributed by atoms with E-state index in [0.717, 1.165) is 17.7 Å². The number of carbonyl (C=O) groups is 1. The van der Waals surface area contributed by atoms with Crippen LogP contribution in [0.1, 0.15) is 25.8 Å². The van der Waals surface area contributed by atoms with Gasteiger partial charge in [0.25, 0.3) is 0 Å². The predicted molar refractivity (Wildman–Crippen MR) is 79.0 cm³/mol. The first-order valence-electron chi connectivity index (χ1n) is 7.00. The van der Waals surface area contributed by atoms with E-state index in [4.69, 9.17) is 9.84 Å². The van der Waals surface area contributed by atoms with Crippen LogP contribution in [0.3, 0.4) is 0 Å². The van der Waals surface area contributed by atoms with E-state index in [9.17, 15) is 4.79 Å². The molecule has 0 aliphatic heterocycles. The molecule has 0 radical (unpaired) electrons. The summed E-state index contributed by atoms with van der Waals surface area (Å²) in [5, 5.41) is 14.0. The van der Waals surface area contributed by atoms with Crippen molar-refractivity contribution < 1.29 is 14.6 Å². The molecule has 0 unspecified atom stereocenters. The molecular weight excluding hydrogens is 256 g/mol. The molecule has 112 valence electrons. The van der Waals surface area contributed by atoms with Gasteiger partial charge in [-0.1, -0.05) is 12.1 Å². The van der Waals surface area contributed by atoms with Crippen molar-refractivity contribution in [2.45, 2.75) is 32.8 Å². The highest BCUT2D eigenvalue weighted by molar-refractivity contribution is 5.73. The Bertz CT molecular complexity index is 391. The summed E-state index contributed by atoms with van der Waals surface area (Å²) in [6.07, 6.45) is 1.52. The van der Waals surface area contributed by atoms with Gasteiger partial charge in [0.05, 0.1) is 6.10 Å². The number of benzene rings is 1. The Hall–Kier alpha value is -1.75. The molecule has 0 saturated heterocycles. The van der Waals surface area contributed by atoms with E-state index < -0.39 is 0 Å². The van der Waals surface area contributed by atoms with Gasteiger partial charge in [0.1, 0.15) is 5.75 Å². The molecule has 0 aliphatic carbocycles. The van der Waals surface area contributed by atoms with Crippen LogP contribution in [-0.2, 0) is 6.42 Å². The molecule has 1 rings (SSSR count). The normalized spacial score (nSPS) is 10.4. The molecule has 3 N–H and O–H groups in total. The molecule has 0 bridgehead atoms. The third-order valence-corrected chi connectivity index (χ3v) is 2.61. The summed E-state index contributed by atoms with van der Waals surface area (Å²) in [7, 11) is 0. The number of hydrogen-bond acceptors (Lipinski definition) is 3. The van der Waals surface area contributed by atoms with Gasteiger partial charge in [-0.2, -0.15) is 0 Å². The Morgan fingerprint density at radius 3 is 2.45 bits per heavy atom. The minimum absolute atomic E-state index is 0.0884. The molecule has 0 heterocycles. The third kappa shape index (κ3) is 6.99. The first kappa shape index (κ1) is 16.3.